The second-order valence-corrected chi connectivity index (χ2v) is 6.78. The molecule has 0 spiro atoms. The van der Waals surface area contributed by atoms with Crippen LogP contribution in [0.3, 0.4) is 0 Å². The third kappa shape index (κ3) is 3.43. The van der Waals surface area contributed by atoms with Crippen molar-refractivity contribution in [1.82, 2.24) is 0 Å². The van der Waals surface area contributed by atoms with Crippen molar-refractivity contribution in [2.75, 3.05) is 18.1 Å². The van der Waals surface area contributed by atoms with Crippen molar-refractivity contribution in [1.29, 1.82) is 0 Å². The standard InChI is InChI=1S/C15H22ClNS/c1-11(4-7-17)13-2-3-14(15(16)10-13)12-5-8-18-9-6-12/h2-3,10-12H,4-9,17H2,1H3. The zero-order chi connectivity index (χ0) is 13.0. The molecule has 0 aliphatic carbocycles. The second kappa shape index (κ2) is 6.83. The molecule has 1 unspecified atom stereocenters. The highest BCUT2D eigenvalue weighted by molar-refractivity contribution is 7.99. The summed E-state index contributed by atoms with van der Waals surface area (Å²) in [6.07, 6.45) is 3.56. The lowest BCUT2D eigenvalue weighted by Gasteiger charge is -2.23. The Bertz CT molecular complexity index is 388. The van der Waals surface area contributed by atoms with Crippen molar-refractivity contribution in [2.24, 2.45) is 5.73 Å². The van der Waals surface area contributed by atoms with Gasteiger partial charge in [-0.25, -0.2) is 0 Å². The zero-order valence-electron chi connectivity index (χ0n) is 11.0. The topological polar surface area (TPSA) is 26.0 Å². The van der Waals surface area contributed by atoms with Crippen LogP contribution in [0.1, 0.15) is 49.1 Å². The van der Waals surface area contributed by atoms with E-state index in [1.807, 2.05) is 0 Å². The van der Waals surface area contributed by atoms with Gasteiger partial charge in [-0.1, -0.05) is 30.7 Å². The van der Waals surface area contributed by atoms with Crippen molar-refractivity contribution >= 4 is 23.4 Å². The number of rotatable bonds is 4. The van der Waals surface area contributed by atoms with Crippen molar-refractivity contribution in [3.8, 4) is 0 Å². The molecule has 0 aromatic heterocycles. The second-order valence-electron chi connectivity index (χ2n) is 5.15. The van der Waals surface area contributed by atoms with Crippen molar-refractivity contribution in [3.63, 3.8) is 0 Å². The molecule has 1 nitrogen and oxygen atoms in total. The van der Waals surface area contributed by atoms with Gasteiger partial charge in [-0.3, -0.25) is 0 Å². The van der Waals surface area contributed by atoms with E-state index in [2.05, 4.69) is 36.9 Å². The molecule has 0 radical (unpaired) electrons. The van der Waals surface area contributed by atoms with Gasteiger partial charge in [0.05, 0.1) is 0 Å². The summed E-state index contributed by atoms with van der Waals surface area (Å²) in [5.74, 6) is 3.71. The smallest absolute Gasteiger partial charge is 0.0443 e. The van der Waals surface area contributed by atoms with E-state index < -0.39 is 0 Å². The Morgan fingerprint density at radius 2 is 2.11 bits per heavy atom. The Morgan fingerprint density at radius 3 is 2.72 bits per heavy atom. The third-order valence-electron chi connectivity index (χ3n) is 3.85. The van der Waals surface area contributed by atoms with Crippen molar-refractivity contribution in [3.05, 3.63) is 34.3 Å². The Balaban J connectivity index is 2.13. The van der Waals surface area contributed by atoms with E-state index in [1.165, 1.54) is 35.5 Å². The molecular weight excluding hydrogens is 262 g/mol. The van der Waals surface area contributed by atoms with Crippen LogP contribution in [0.2, 0.25) is 5.02 Å². The SMILES string of the molecule is CC(CCN)c1ccc(C2CCSCC2)c(Cl)c1. The van der Waals surface area contributed by atoms with Crippen LogP contribution in [0.15, 0.2) is 18.2 Å². The number of hydrogen-bond donors (Lipinski definition) is 1. The molecule has 1 aromatic carbocycles. The maximum Gasteiger partial charge on any atom is 0.0443 e. The van der Waals surface area contributed by atoms with Crippen LogP contribution in [0, 0.1) is 0 Å². The number of hydrogen-bond acceptors (Lipinski definition) is 2. The lowest BCUT2D eigenvalue weighted by molar-refractivity contribution is 0.635. The minimum Gasteiger partial charge on any atom is -0.330 e. The van der Waals surface area contributed by atoms with Crippen LogP contribution >= 0.6 is 23.4 Å². The summed E-state index contributed by atoms with van der Waals surface area (Å²) in [6.45, 7) is 2.95. The highest BCUT2D eigenvalue weighted by Gasteiger charge is 2.18. The van der Waals surface area contributed by atoms with Crippen molar-refractivity contribution in [2.45, 2.75) is 38.0 Å². The molecular formula is C15H22ClNS. The fraction of sp³-hybridized carbons (Fsp3) is 0.600. The molecule has 3 heteroatoms. The van der Waals surface area contributed by atoms with Gasteiger partial charge in [-0.15, -0.1) is 0 Å². The van der Waals surface area contributed by atoms with E-state index in [9.17, 15) is 0 Å². The highest BCUT2D eigenvalue weighted by atomic mass is 35.5. The molecule has 1 fully saturated rings. The first-order valence-electron chi connectivity index (χ1n) is 6.79. The van der Waals surface area contributed by atoms with Gasteiger partial charge < -0.3 is 5.73 Å². The average Bonchev–Trinajstić information content (AvgIpc) is 2.40. The number of halogens is 1. The lowest BCUT2D eigenvalue weighted by Crippen LogP contribution is -2.09. The Hall–Kier alpha value is -0.180. The molecule has 18 heavy (non-hydrogen) atoms. The Morgan fingerprint density at radius 1 is 1.39 bits per heavy atom. The maximum absolute atomic E-state index is 6.47. The van der Waals surface area contributed by atoms with Crippen LogP contribution in [0.4, 0.5) is 0 Å². The minimum atomic E-state index is 0.503. The zero-order valence-corrected chi connectivity index (χ0v) is 12.6. The largest absolute Gasteiger partial charge is 0.330 e. The van der Waals surface area contributed by atoms with Gasteiger partial charge in [0.1, 0.15) is 0 Å². The van der Waals surface area contributed by atoms with Crippen LogP contribution < -0.4 is 5.73 Å². The first-order valence-corrected chi connectivity index (χ1v) is 8.32. The van der Waals surface area contributed by atoms with Gasteiger partial charge in [0.15, 0.2) is 0 Å². The first-order chi connectivity index (χ1) is 8.72. The number of nitrogens with two attached hydrogens (primary N) is 1. The molecule has 1 aliphatic heterocycles. The molecule has 1 aromatic rings. The van der Waals surface area contributed by atoms with Gasteiger partial charge >= 0.3 is 0 Å². The number of thioether (sulfide) groups is 1. The molecule has 1 aliphatic rings. The molecule has 0 saturated carbocycles. The highest BCUT2D eigenvalue weighted by Crippen LogP contribution is 2.36. The number of benzene rings is 1. The van der Waals surface area contributed by atoms with Gasteiger partial charge in [-0.2, -0.15) is 11.8 Å². The Kier molecular flexibility index (Phi) is 5.40. The molecule has 0 amide bonds. The summed E-state index contributed by atoms with van der Waals surface area (Å²) in [5.41, 5.74) is 8.28. The summed E-state index contributed by atoms with van der Waals surface area (Å²) in [6, 6.07) is 6.63. The minimum absolute atomic E-state index is 0.503. The lowest BCUT2D eigenvalue weighted by atomic mass is 9.90. The summed E-state index contributed by atoms with van der Waals surface area (Å²) < 4.78 is 0. The normalized spacial score (nSPS) is 18.8. The molecule has 2 N–H and O–H groups in total. The van der Waals surface area contributed by atoms with E-state index in [4.69, 9.17) is 17.3 Å². The average molecular weight is 284 g/mol. The quantitative estimate of drug-likeness (QED) is 0.886. The van der Waals surface area contributed by atoms with Gasteiger partial charge in [-0.05, 0) is 66.3 Å². The van der Waals surface area contributed by atoms with Gasteiger partial charge in [0.2, 0.25) is 0 Å². The van der Waals surface area contributed by atoms with E-state index in [0.29, 0.717) is 11.8 Å². The van der Waals surface area contributed by atoms with Crippen LogP contribution in [0.25, 0.3) is 0 Å². The Labute approximate surface area is 119 Å². The van der Waals surface area contributed by atoms with Crippen LogP contribution in [-0.4, -0.2) is 18.1 Å². The van der Waals surface area contributed by atoms with E-state index in [1.54, 1.807) is 0 Å². The van der Waals surface area contributed by atoms with Crippen molar-refractivity contribution < 1.29 is 0 Å². The fourth-order valence-electron chi connectivity index (χ4n) is 2.61. The van der Waals surface area contributed by atoms with E-state index >= 15 is 0 Å². The first kappa shape index (κ1) is 14.2. The molecule has 1 heterocycles. The molecule has 0 bridgehead atoms. The molecule has 100 valence electrons. The van der Waals surface area contributed by atoms with Crippen LogP contribution in [-0.2, 0) is 0 Å². The monoisotopic (exact) mass is 283 g/mol. The summed E-state index contributed by atoms with van der Waals surface area (Å²) in [7, 11) is 0. The molecule has 1 saturated heterocycles. The molecule has 2 rings (SSSR count). The summed E-state index contributed by atoms with van der Waals surface area (Å²) >= 11 is 8.53. The van der Waals surface area contributed by atoms with E-state index in [0.717, 1.165) is 18.0 Å². The maximum atomic E-state index is 6.47. The summed E-state index contributed by atoms with van der Waals surface area (Å²) in [5, 5.41) is 0.952. The van der Waals surface area contributed by atoms with Gasteiger partial charge in [0.25, 0.3) is 0 Å². The van der Waals surface area contributed by atoms with E-state index in [-0.39, 0.29) is 0 Å². The predicted molar refractivity (Wildman–Crippen MR) is 82.8 cm³/mol. The van der Waals surface area contributed by atoms with Gasteiger partial charge in [0, 0.05) is 5.02 Å². The predicted octanol–water partition coefficient (Wildman–Crippen LogP) is 4.40. The summed E-state index contributed by atoms with van der Waals surface area (Å²) in [4.78, 5) is 0. The van der Waals surface area contributed by atoms with Crippen LogP contribution in [0.5, 0.6) is 0 Å². The molecule has 1 atom stereocenters. The third-order valence-corrected chi connectivity index (χ3v) is 5.23. The fourth-order valence-corrected chi connectivity index (χ4v) is 4.06.